The Labute approximate surface area is 444 Å². The summed E-state index contributed by atoms with van der Waals surface area (Å²) in [6.07, 6.45) is 81.2. The zero-order valence-electron chi connectivity index (χ0n) is 46.9. The van der Waals surface area contributed by atoms with Gasteiger partial charge in [-0.3, -0.25) is 14.4 Å². The smallest absolute Gasteiger partial charge is 0.310 e. The van der Waals surface area contributed by atoms with Crippen LogP contribution in [0.1, 0.15) is 271 Å². The molecule has 0 spiro atoms. The third-order valence-corrected chi connectivity index (χ3v) is 12.5. The highest BCUT2D eigenvalue weighted by Crippen LogP contribution is 2.15. The lowest BCUT2D eigenvalue weighted by atomic mass is 10.0. The van der Waals surface area contributed by atoms with Crippen LogP contribution < -0.4 is 0 Å². The van der Waals surface area contributed by atoms with Gasteiger partial charge < -0.3 is 14.2 Å². The van der Waals surface area contributed by atoms with Gasteiger partial charge in [0, 0.05) is 12.8 Å². The molecule has 0 aliphatic carbocycles. The SMILES string of the molecule is CC/C=C\C/C=C\C/C=C\C/C=C\C/C=C\CC(=O)OC(COC(=O)CCCCCCC/C=C\C/C=C\CCCC)COC(=O)CCCCCCCCCCCCCCC/C=C\C/C=C\CCCCCCC. The summed E-state index contributed by atoms with van der Waals surface area (Å²) < 4.78 is 16.7. The van der Waals surface area contributed by atoms with Crippen LogP contribution in [0.25, 0.3) is 0 Å². The van der Waals surface area contributed by atoms with E-state index in [9.17, 15) is 14.4 Å². The molecule has 6 heteroatoms. The molecule has 1 atom stereocenters. The number of allylic oxidation sites excluding steroid dienone is 17. The van der Waals surface area contributed by atoms with Crippen molar-refractivity contribution >= 4 is 17.9 Å². The van der Waals surface area contributed by atoms with Crippen molar-refractivity contribution in [1.29, 1.82) is 0 Å². The summed E-state index contributed by atoms with van der Waals surface area (Å²) in [6.45, 7) is 6.38. The van der Waals surface area contributed by atoms with Crippen LogP contribution in [0.4, 0.5) is 0 Å². The van der Waals surface area contributed by atoms with Gasteiger partial charge in [0.25, 0.3) is 0 Å². The number of hydrogen-bond acceptors (Lipinski definition) is 6. The highest BCUT2D eigenvalue weighted by Gasteiger charge is 2.19. The molecule has 6 nitrogen and oxygen atoms in total. The van der Waals surface area contributed by atoms with Gasteiger partial charge in [-0.2, -0.15) is 0 Å². The predicted molar refractivity (Wildman–Crippen MR) is 311 cm³/mol. The maximum Gasteiger partial charge on any atom is 0.310 e. The number of carbonyl (C=O) groups excluding carboxylic acids is 3. The van der Waals surface area contributed by atoms with E-state index in [0.29, 0.717) is 19.3 Å². The Bertz CT molecular complexity index is 1470. The monoisotopic (exact) mass is 999 g/mol. The van der Waals surface area contributed by atoms with E-state index >= 15 is 0 Å². The van der Waals surface area contributed by atoms with E-state index in [4.69, 9.17) is 14.2 Å². The van der Waals surface area contributed by atoms with Gasteiger partial charge in [0.1, 0.15) is 13.2 Å². The minimum absolute atomic E-state index is 0.0914. The van der Waals surface area contributed by atoms with Gasteiger partial charge in [0.2, 0.25) is 0 Å². The molecule has 0 fully saturated rings. The third kappa shape index (κ3) is 57.0. The van der Waals surface area contributed by atoms with Gasteiger partial charge in [-0.1, -0.05) is 259 Å². The molecule has 1 unspecified atom stereocenters. The van der Waals surface area contributed by atoms with Crippen molar-refractivity contribution in [3.63, 3.8) is 0 Å². The molecule has 0 aromatic heterocycles. The Hall–Kier alpha value is -3.93. The van der Waals surface area contributed by atoms with E-state index in [2.05, 4.69) is 118 Å². The number of rotatable bonds is 53. The van der Waals surface area contributed by atoms with Crippen LogP contribution in [0.2, 0.25) is 0 Å². The van der Waals surface area contributed by atoms with Gasteiger partial charge in [-0.25, -0.2) is 0 Å². The van der Waals surface area contributed by atoms with Crippen LogP contribution in [0, 0.1) is 0 Å². The average Bonchev–Trinajstić information content (AvgIpc) is 3.38. The first-order valence-electron chi connectivity index (χ1n) is 29.9. The molecule has 0 amide bonds. The average molecular weight is 1000 g/mol. The Morgan fingerprint density at radius 3 is 0.958 bits per heavy atom. The first-order chi connectivity index (χ1) is 35.5. The Balaban J connectivity index is 4.39. The summed E-state index contributed by atoms with van der Waals surface area (Å²) in [6, 6.07) is 0. The molecule has 410 valence electrons. The first-order valence-corrected chi connectivity index (χ1v) is 29.9. The first kappa shape index (κ1) is 68.1. The zero-order chi connectivity index (χ0) is 52.2. The zero-order valence-corrected chi connectivity index (χ0v) is 46.9. The lowest BCUT2D eigenvalue weighted by molar-refractivity contribution is -0.166. The van der Waals surface area contributed by atoms with Crippen LogP contribution in [-0.4, -0.2) is 37.2 Å². The summed E-state index contributed by atoms with van der Waals surface area (Å²) in [4.78, 5) is 38.1. The van der Waals surface area contributed by atoms with Crippen LogP contribution in [0.5, 0.6) is 0 Å². The summed E-state index contributed by atoms with van der Waals surface area (Å²) in [7, 11) is 0. The number of unbranched alkanes of at least 4 members (excludes halogenated alkanes) is 25. The van der Waals surface area contributed by atoms with E-state index in [0.717, 1.165) is 96.3 Å². The van der Waals surface area contributed by atoms with Crippen molar-refractivity contribution in [2.45, 2.75) is 277 Å². The number of esters is 3. The van der Waals surface area contributed by atoms with Crippen LogP contribution >= 0.6 is 0 Å². The Morgan fingerprint density at radius 1 is 0.306 bits per heavy atom. The largest absolute Gasteiger partial charge is 0.462 e. The van der Waals surface area contributed by atoms with E-state index < -0.39 is 12.1 Å². The fourth-order valence-electron chi connectivity index (χ4n) is 8.04. The third-order valence-electron chi connectivity index (χ3n) is 12.5. The minimum atomic E-state index is -0.840. The summed E-state index contributed by atoms with van der Waals surface area (Å²) in [5.41, 5.74) is 0. The van der Waals surface area contributed by atoms with Crippen molar-refractivity contribution in [1.82, 2.24) is 0 Å². The maximum atomic E-state index is 12.8. The summed E-state index contributed by atoms with van der Waals surface area (Å²) in [5.74, 6) is -1.07. The van der Waals surface area contributed by atoms with Crippen molar-refractivity contribution in [2.24, 2.45) is 0 Å². The van der Waals surface area contributed by atoms with Gasteiger partial charge in [-0.05, 0) is 103 Å². The van der Waals surface area contributed by atoms with E-state index in [1.807, 2.05) is 6.08 Å². The highest BCUT2D eigenvalue weighted by atomic mass is 16.6. The standard InChI is InChI=1S/C66H110O6/c1-4-7-10-13-16-19-22-25-28-29-30-31-32-33-34-35-36-37-39-41-44-47-50-53-56-59-65(68)71-62-63(61-70-64(67)58-55-52-49-46-43-40-27-24-21-18-15-12-9-6-3)72-66(69)60-57-54-51-48-45-42-38-26-23-20-17-14-11-8-5-2/h8,11,15,17-18,20,22,24-27,29-30,38,45,48,54,57,63H,4-7,9-10,12-14,16,19,21,23,28,31-37,39-44,46-47,49-53,55-56,58-62H2,1-3H3/b11-8-,18-15-,20-17-,25-22-,27-24-,30-29-,38-26-,48-45-,57-54-. The second kappa shape index (κ2) is 59.6. The van der Waals surface area contributed by atoms with Gasteiger partial charge in [0.05, 0.1) is 6.42 Å². The lowest BCUT2D eigenvalue weighted by Gasteiger charge is -2.18. The van der Waals surface area contributed by atoms with Gasteiger partial charge >= 0.3 is 17.9 Å². The second-order valence-electron chi connectivity index (χ2n) is 19.5. The van der Waals surface area contributed by atoms with Gasteiger partial charge in [-0.15, -0.1) is 0 Å². The minimum Gasteiger partial charge on any atom is -0.462 e. The second-order valence-corrected chi connectivity index (χ2v) is 19.5. The van der Waals surface area contributed by atoms with Crippen LogP contribution in [-0.2, 0) is 28.6 Å². The van der Waals surface area contributed by atoms with Crippen molar-refractivity contribution in [3.05, 3.63) is 109 Å². The van der Waals surface area contributed by atoms with E-state index in [1.165, 1.54) is 128 Å². The van der Waals surface area contributed by atoms with Crippen molar-refractivity contribution in [3.8, 4) is 0 Å². The molecule has 0 aromatic carbocycles. The summed E-state index contributed by atoms with van der Waals surface area (Å²) in [5, 5.41) is 0. The topological polar surface area (TPSA) is 78.9 Å². The predicted octanol–water partition coefficient (Wildman–Crippen LogP) is 20.3. The van der Waals surface area contributed by atoms with E-state index in [1.54, 1.807) is 6.08 Å². The Kier molecular flexibility index (Phi) is 56.4. The van der Waals surface area contributed by atoms with Crippen molar-refractivity contribution < 1.29 is 28.6 Å². The molecular formula is C66H110O6. The molecule has 0 bridgehead atoms. The highest BCUT2D eigenvalue weighted by molar-refractivity contribution is 5.72. The van der Waals surface area contributed by atoms with E-state index in [-0.39, 0.29) is 31.6 Å². The molecule has 0 radical (unpaired) electrons. The quantitative estimate of drug-likeness (QED) is 0.0261. The molecule has 0 heterocycles. The molecule has 72 heavy (non-hydrogen) atoms. The number of ether oxygens (including phenoxy) is 3. The molecule has 0 N–H and O–H groups in total. The number of hydrogen-bond donors (Lipinski definition) is 0. The molecular weight excluding hydrogens is 889 g/mol. The van der Waals surface area contributed by atoms with Crippen LogP contribution in [0.3, 0.4) is 0 Å². The number of carbonyl (C=O) groups is 3. The molecule has 0 aliphatic heterocycles. The van der Waals surface area contributed by atoms with Crippen LogP contribution in [0.15, 0.2) is 109 Å². The fourth-order valence-corrected chi connectivity index (χ4v) is 8.04. The summed E-state index contributed by atoms with van der Waals surface area (Å²) >= 11 is 0. The molecule has 0 saturated heterocycles. The van der Waals surface area contributed by atoms with Crippen molar-refractivity contribution in [2.75, 3.05) is 13.2 Å². The molecule has 0 aromatic rings. The maximum absolute atomic E-state index is 12.8. The normalized spacial score (nSPS) is 12.9. The lowest BCUT2D eigenvalue weighted by Crippen LogP contribution is -2.30. The Morgan fingerprint density at radius 2 is 0.597 bits per heavy atom. The fraction of sp³-hybridized carbons (Fsp3) is 0.682. The molecule has 0 rings (SSSR count). The molecule has 0 saturated carbocycles. The van der Waals surface area contributed by atoms with Gasteiger partial charge in [0.15, 0.2) is 6.10 Å². The molecule has 0 aliphatic rings.